The van der Waals surface area contributed by atoms with Crippen LogP contribution in [0.4, 0.5) is 8.78 Å². The summed E-state index contributed by atoms with van der Waals surface area (Å²) in [4.78, 5) is 33.2. The molecule has 7 nitrogen and oxygen atoms in total. The number of hydrogen-bond acceptors (Lipinski definition) is 6. The summed E-state index contributed by atoms with van der Waals surface area (Å²) in [5, 5.41) is 0. The molecule has 1 amide bonds. The third-order valence-corrected chi connectivity index (χ3v) is 6.66. The molecule has 37 heavy (non-hydrogen) atoms. The number of likely N-dealkylation sites (tertiary alicyclic amines) is 1. The zero-order valence-corrected chi connectivity index (χ0v) is 21.0. The highest BCUT2D eigenvalue weighted by atomic mass is 19.1. The van der Waals surface area contributed by atoms with Crippen molar-refractivity contribution >= 4 is 11.9 Å². The van der Waals surface area contributed by atoms with Gasteiger partial charge in [0.05, 0.1) is 19.1 Å². The van der Waals surface area contributed by atoms with Crippen molar-refractivity contribution in [2.45, 2.75) is 45.8 Å². The van der Waals surface area contributed by atoms with Gasteiger partial charge in [-0.2, -0.15) is 0 Å². The molecule has 0 N–H and O–H groups in total. The number of benzene rings is 2. The van der Waals surface area contributed by atoms with Crippen LogP contribution in [0.15, 0.2) is 59.2 Å². The smallest absolute Gasteiger partial charge is 0.310 e. The van der Waals surface area contributed by atoms with Crippen molar-refractivity contribution in [1.82, 2.24) is 14.8 Å². The van der Waals surface area contributed by atoms with Crippen molar-refractivity contribution in [2.24, 2.45) is 5.92 Å². The van der Waals surface area contributed by atoms with Crippen LogP contribution < -0.4 is 0 Å². The second kappa shape index (κ2) is 12.1. The van der Waals surface area contributed by atoms with E-state index in [9.17, 15) is 18.4 Å². The van der Waals surface area contributed by atoms with E-state index >= 15 is 0 Å². The Labute approximate surface area is 215 Å². The lowest BCUT2D eigenvalue weighted by Crippen LogP contribution is -2.43. The molecule has 4 rings (SSSR count). The Hall–Kier alpha value is -3.59. The molecular formula is C28H31F2N3O4. The van der Waals surface area contributed by atoms with Gasteiger partial charge < -0.3 is 14.1 Å². The predicted molar refractivity (Wildman–Crippen MR) is 132 cm³/mol. The average Bonchev–Trinajstić information content (AvgIpc) is 3.38. The lowest BCUT2D eigenvalue weighted by molar-refractivity contribution is -0.149. The third-order valence-electron chi connectivity index (χ3n) is 6.66. The van der Waals surface area contributed by atoms with Gasteiger partial charge in [-0.3, -0.25) is 14.5 Å². The molecule has 0 radical (unpaired) electrons. The molecule has 1 aliphatic rings. The van der Waals surface area contributed by atoms with Gasteiger partial charge in [0.1, 0.15) is 17.9 Å². The lowest BCUT2D eigenvalue weighted by Gasteiger charge is -2.31. The number of piperidine rings is 1. The minimum absolute atomic E-state index is 0.149. The fraction of sp³-hybridized carbons (Fsp3) is 0.393. The zero-order chi connectivity index (χ0) is 26.4. The molecule has 0 spiro atoms. The van der Waals surface area contributed by atoms with Gasteiger partial charge in [0, 0.05) is 37.3 Å². The normalized spacial score (nSPS) is 16.6. The molecule has 2 heterocycles. The molecule has 3 aromatic rings. The van der Waals surface area contributed by atoms with Crippen LogP contribution in [0, 0.1) is 17.6 Å². The molecule has 2 aromatic carbocycles. The summed E-state index contributed by atoms with van der Waals surface area (Å²) in [6.45, 7) is 5.23. The van der Waals surface area contributed by atoms with Crippen LogP contribution >= 0.6 is 0 Å². The molecule has 1 aliphatic heterocycles. The van der Waals surface area contributed by atoms with Gasteiger partial charge in [0.25, 0.3) is 5.91 Å². The SMILES string of the molecule is CCOC(=O)[C@@H]1CCCN(C(=O)c2coc(CN(Cc3ccc(F)cc3F)[C@H](C)c3ccccc3)n2)C1. The summed E-state index contributed by atoms with van der Waals surface area (Å²) < 4.78 is 38.7. The lowest BCUT2D eigenvalue weighted by atomic mass is 9.98. The highest BCUT2D eigenvalue weighted by Gasteiger charge is 2.31. The molecule has 196 valence electrons. The number of carbonyl (C=O) groups is 2. The first-order valence-electron chi connectivity index (χ1n) is 12.5. The number of hydrogen-bond donors (Lipinski definition) is 0. The van der Waals surface area contributed by atoms with Crippen molar-refractivity contribution in [2.75, 3.05) is 19.7 Å². The number of halogens is 2. The van der Waals surface area contributed by atoms with E-state index in [0.29, 0.717) is 37.4 Å². The Morgan fingerprint density at radius 1 is 1.19 bits per heavy atom. The summed E-state index contributed by atoms with van der Waals surface area (Å²) in [6.07, 6.45) is 2.69. The molecule has 1 aromatic heterocycles. The highest BCUT2D eigenvalue weighted by molar-refractivity contribution is 5.92. The number of esters is 1. The van der Waals surface area contributed by atoms with Crippen molar-refractivity contribution in [3.63, 3.8) is 0 Å². The molecule has 1 saturated heterocycles. The van der Waals surface area contributed by atoms with Gasteiger partial charge in [-0.25, -0.2) is 13.8 Å². The number of amides is 1. The van der Waals surface area contributed by atoms with Crippen LogP contribution in [-0.2, 0) is 22.6 Å². The number of oxazole rings is 1. The Morgan fingerprint density at radius 3 is 2.70 bits per heavy atom. The maximum atomic E-state index is 14.5. The van der Waals surface area contributed by atoms with Crippen LogP contribution in [0.25, 0.3) is 0 Å². The monoisotopic (exact) mass is 511 g/mol. The molecule has 9 heteroatoms. The first-order valence-corrected chi connectivity index (χ1v) is 12.5. The van der Waals surface area contributed by atoms with Crippen molar-refractivity contribution in [3.05, 3.63) is 89.1 Å². The summed E-state index contributed by atoms with van der Waals surface area (Å²) >= 11 is 0. The van der Waals surface area contributed by atoms with Gasteiger partial charge in [-0.15, -0.1) is 0 Å². The number of nitrogens with zero attached hydrogens (tertiary/aromatic N) is 3. The van der Waals surface area contributed by atoms with Crippen molar-refractivity contribution in [1.29, 1.82) is 0 Å². The van der Waals surface area contributed by atoms with E-state index in [1.54, 1.807) is 11.8 Å². The predicted octanol–water partition coefficient (Wildman–Crippen LogP) is 5.13. The second-order valence-electron chi connectivity index (χ2n) is 9.20. The maximum Gasteiger partial charge on any atom is 0.310 e. The molecule has 2 atom stereocenters. The van der Waals surface area contributed by atoms with E-state index in [1.807, 2.05) is 42.2 Å². The van der Waals surface area contributed by atoms with E-state index in [4.69, 9.17) is 9.15 Å². The van der Waals surface area contributed by atoms with Gasteiger partial charge in [-0.1, -0.05) is 36.4 Å². The Kier molecular flexibility index (Phi) is 8.66. The number of ether oxygens (including phenoxy) is 1. The van der Waals surface area contributed by atoms with E-state index in [2.05, 4.69) is 4.98 Å². The third kappa shape index (κ3) is 6.60. The van der Waals surface area contributed by atoms with Crippen molar-refractivity contribution < 1.29 is 27.5 Å². The summed E-state index contributed by atoms with van der Waals surface area (Å²) in [5.41, 5.74) is 1.50. The van der Waals surface area contributed by atoms with Gasteiger partial charge >= 0.3 is 5.97 Å². The Morgan fingerprint density at radius 2 is 1.97 bits per heavy atom. The van der Waals surface area contributed by atoms with E-state index < -0.39 is 11.6 Å². The second-order valence-corrected chi connectivity index (χ2v) is 9.20. The van der Waals surface area contributed by atoms with Gasteiger partial charge in [0.2, 0.25) is 5.89 Å². The average molecular weight is 512 g/mol. The van der Waals surface area contributed by atoms with Crippen molar-refractivity contribution in [3.8, 4) is 0 Å². The molecule has 0 saturated carbocycles. The van der Waals surface area contributed by atoms with Crippen LogP contribution in [0.5, 0.6) is 0 Å². The van der Waals surface area contributed by atoms with E-state index in [-0.39, 0.29) is 49.2 Å². The molecular weight excluding hydrogens is 480 g/mol. The summed E-state index contributed by atoms with van der Waals surface area (Å²) in [7, 11) is 0. The fourth-order valence-corrected chi connectivity index (χ4v) is 4.57. The minimum atomic E-state index is -0.636. The Bertz CT molecular complexity index is 1220. The first kappa shape index (κ1) is 26.5. The molecule has 1 fully saturated rings. The van der Waals surface area contributed by atoms with Crippen LogP contribution in [-0.4, -0.2) is 46.4 Å². The summed E-state index contributed by atoms with van der Waals surface area (Å²) in [5.74, 6) is -1.92. The highest BCUT2D eigenvalue weighted by Crippen LogP contribution is 2.26. The summed E-state index contributed by atoms with van der Waals surface area (Å²) in [6, 6.07) is 13.1. The Balaban J connectivity index is 1.50. The maximum absolute atomic E-state index is 14.5. The van der Waals surface area contributed by atoms with E-state index in [0.717, 1.165) is 11.6 Å². The number of carbonyl (C=O) groups excluding carboxylic acids is 2. The first-order chi connectivity index (χ1) is 17.9. The van der Waals surface area contributed by atoms with E-state index in [1.165, 1.54) is 18.4 Å². The van der Waals surface area contributed by atoms with Gasteiger partial charge in [-0.05, 0) is 38.3 Å². The van der Waals surface area contributed by atoms with Crippen LogP contribution in [0.1, 0.15) is 60.2 Å². The molecule has 0 bridgehead atoms. The largest absolute Gasteiger partial charge is 0.466 e. The number of rotatable bonds is 9. The van der Waals surface area contributed by atoms with Crippen LogP contribution in [0.2, 0.25) is 0 Å². The van der Waals surface area contributed by atoms with Crippen LogP contribution in [0.3, 0.4) is 0 Å². The zero-order valence-electron chi connectivity index (χ0n) is 21.0. The minimum Gasteiger partial charge on any atom is -0.466 e. The molecule has 0 unspecified atom stereocenters. The standard InChI is InChI=1S/C28H31F2N3O4/c1-3-36-28(35)22-10-7-13-32(16-22)27(34)25-18-37-26(31-25)17-33(19(2)20-8-5-4-6-9-20)15-21-11-12-23(29)14-24(21)30/h4-6,8-9,11-12,14,18-19,22H,3,7,10,13,15-17H2,1-2H3/t19-,22-/m1/s1. The molecule has 0 aliphatic carbocycles. The fourth-order valence-electron chi connectivity index (χ4n) is 4.57. The van der Waals surface area contributed by atoms with Gasteiger partial charge in [0.15, 0.2) is 5.69 Å². The quantitative estimate of drug-likeness (QED) is 0.371. The topological polar surface area (TPSA) is 75.9 Å². The number of aromatic nitrogens is 1.